The summed E-state index contributed by atoms with van der Waals surface area (Å²) >= 11 is 0. The number of benzene rings is 1. The molecule has 0 bridgehead atoms. The maximum Gasteiger partial charge on any atom is 0.243 e. The molecule has 2 heterocycles. The number of hydrogen-bond donors (Lipinski definition) is 0. The highest BCUT2D eigenvalue weighted by atomic mass is 32.2. The van der Waals surface area contributed by atoms with Crippen molar-refractivity contribution in [2.24, 2.45) is 0 Å². The Labute approximate surface area is 158 Å². The number of Topliss-reactive ketones (excluding diaryl/α,β-unsaturated/α-hetero) is 1. The summed E-state index contributed by atoms with van der Waals surface area (Å²) in [6.45, 7) is 2.57. The molecule has 0 spiro atoms. The molecule has 1 aliphatic rings. The fourth-order valence-electron chi connectivity index (χ4n) is 3.05. The van der Waals surface area contributed by atoms with Crippen molar-refractivity contribution in [1.29, 1.82) is 0 Å². The number of rotatable bonds is 6. The number of sulfonamides is 1. The van der Waals surface area contributed by atoms with Crippen LogP contribution in [-0.2, 0) is 21.2 Å². The Kier molecular flexibility index (Phi) is 5.76. The number of ketones is 1. The van der Waals surface area contributed by atoms with E-state index >= 15 is 0 Å². The van der Waals surface area contributed by atoms with Gasteiger partial charge in [0.25, 0.3) is 0 Å². The first-order valence-electron chi connectivity index (χ1n) is 8.79. The molecular formula is C19H22N2O5S. The Morgan fingerprint density at radius 1 is 1.07 bits per heavy atom. The molecule has 0 atom stereocenters. The van der Waals surface area contributed by atoms with Crippen molar-refractivity contribution in [3.63, 3.8) is 0 Å². The zero-order valence-electron chi connectivity index (χ0n) is 15.1. The maximum atomic E-state index is 12.8. The second-order valence-electron chi connectivity index (χ2n) is 6.45. The van der Waals surface area contributed by atoms with Crippen LogP contribution in [0.3, 0.4) is 0 Å². The highest BCUT2D eigenvalue weighted by Gasteiger charge is 2.30. The molecule has 0 aliphatic carbocycles. The van der Waals surface area contributed by atoms with E-state index in [1.165, 1.54) is 23.4 Å². The minimum Gasteiger partial charge on any atom is -0.469 e. The van der Waals surface area contributed by atoms with Crippen LogP contribution in [0.5, 0.6) is 0 Å². The van der Waals surface area contributed by atoms with Crippen LogP contribution >= 0.6 is 0 Å². The van der Waals surface area contributed by atoms with Gasteiger partial charge in [-0.3, -0.25) is 9.59 Å². The maximum absolute atomic E-state index is 12.8. The van der Waals surface area contributed by atoms with Crippen LogP contribution in [0.15, 0.2) is 52.0 Å². The van der Waals surface area contributed by atoms with Crippen LogP contribution in [0, 0.1) is 0 Å². The third kappa shape index (κ3) is 4.45. The first kappa shape index (κ1) is 19.3. The van der Waals surface area contributed by atoms with E-state index in [1.54, 1.807) is 29.4 Å². The lowest BCUT2D eigenvalue weighted by atomic mass is 10.2. The van der Waals surface area contributed by atoms with Gasteiger partial charge in [-0.2, -0.15) is 4.31 Å². The topological polar surface area (TPSA) is 87.9 Å². The van der Waals surface area contributed by atoms with Gasteiger partial charge in [0.2, 0.25) is 15.9 Å². The summed E-state index contributed by atoms with van der Waals surface area (Å²) in [7, 11) is -3.69. The van der Waals surface area contributed by atoms with Crippen molar-refractivity contribution in [3.8, 4) is 0 Å². The fourth-order valence-corrected chi connectivity index (χ4v) is 4.51. The smallest absolute Gasteiger partial charge is 0.243 e. The predicted octanol–water partition coefficient (Wildman–Crippen LogP) is 1.95. The van der Waals surface area contributed by atoms with Crippen molar-refractivity contribution in [2.75, 3.05) is 26.2 Å². The number of nitrogens with zero attached hydrogens (tertiary/aromatic N) is 2. The van der Waals surface area contributed by atoms with Gasteiger partial charge in [0, 0.05) is 44.6 Å². The molecule has 1 fully saturated rings. The van der Waals surface area contributed by atoms with Crippen LogP contribution < -0.4 is 0 Å². The summed E-state index contributed by atoms with van der Waals surface area (Å²) in [5.41, 5.74) is 0.364. The van der Waals surface area contributed by atoms with E-state index in [1.807, 2.05) is 6.07 Å². The standard InChI is InChI=1S/C19H22N2O5S/c1-15(22)16-4-2-6-18(14-16)27(24,25)21-11-9-20(10-12-21)19(23)8-7-17-5-3-13-26-17/h2-6,13-14H,7-12H2,1H3. The van der Waals surface area contributed by atoms with Crippen LogP contribution in [0.1, 0.15) is 29.5 Å². The fraction of sp³-hybridized carbons (Fsp3) is 0.368. The van der Waals surface area contributed by atoms with E-state index in [2.05, 4.69) is 0 Å². The Bertz CT molecular complexity index is 913. The third-order valence-electron chi connectivity index (χ3n) is 4.64. The summed E-state index contributed by atoms with van der Waals surface area (Å²) in [5.74, 6) is 0.566. The van der Waals surface area contributed by atoms with Gasteiger partial charge in [0.15, 0.2) is 5.78 Å². The molecule has 0 N–H and O–H groups in total. The Hall–Kier alpha value is -2.45. The van der Waals surface area contributed by atoms with Gasteiger partial charge in [-0.25, -0.2) is 8.42 Å². The molecule has 1 saturated heterocycles. The predicted molar refractivity (Wildman–Crippen MR) is 98.8 cm³/mol. The third-order valence-corrected chi connectivity index (χ3v) is 6.53. The van der Waals surface area contributed by atoms with Gasteiger partial charge < -0.3 is 9.32 Å². The van der Waals surface area contributed by atoms with E-state index in [0.717, 1.165) is 5.76 Å². The van der Waals surface area contributed by atoms with E-state index in [4.69, 9.17) is 4.42 Å². The van der Waals surface area contributed by atoms with Crippen molar-refractivity contribution in [3.05, 3.63) is 54.0 Å². The number of aryl methyl sites for hydroxylation is 1. The van der Waals surface area contributed by atoms with Crippen molar-refractivity contribution in [1.82, 2.24) is 9.21 Å². The molecule has 144 valence electrons. The molecule has 3 rings (SSSR count). The van der Waals surface area contributed by atoms with Gasteiger partial charge in [0.05, 0.1) is 11.2 Å². The molecule has 2 aromatic rings. The molecule has 0 unspecified atom stereocenters. The molecular weight excluding hydrogens is 368 g/mol. The summed E-state index contributed by atoms with van der Waals surface area (Å²) < 4.78 is 32.2. The van der Waals surface area contributed by atoms with Crippen LogP contribution in [0.2, 0.25) is 0 Å². The molecule has 27 heavy (non-hydrogen) atoms. The second kappa shape index (κ2) is 8.06. The summed E-state index contributed by atoms with van der Waals surface area (Å²) in [6, 6.07) is 9.66. The highest BCUT2D eigenvalue weighted by Crippen LogP contribution is 2.19. The van der Waals surface area contributed by atoms with Crippen molar-refractivity contribution >= 4 is 21.7 Å². The minimum atomic E-state index is -3.69. The summed E-state index contributed by atoms with van der Waals surface area (Å²) in [5, 5.41) is 0. The van der Waals surface area contributed by atoms with Crippen LogP contribution in [0.4, 0.5) is 0 Å². The number of carbonyl (C=O) groups excluding carboxylic acids is 2. The number of hydrogen-bond acceptors (Lipinski definition) is 5. The monoisotopic (exact) mass is 390 g/mol. The lowest BCUT2D eigenvalue weighted by molar-refractivity contribution is -0.132. The molecule has 1 amide bonds. The van der Waals surface area contributed by atoms with Gasteiger partial charge in [-0.05, 0) is 31.2 Å². The van der Waals surface area contributed by atoms with E-state index in [9.17, 15) is 18.0 Å². The number of amides is 1. The first-order valence-corrected chi connectivity index (χ1v) is 10.2. The van der Waals surface area contributed by atoms with Crippen molar-refractivity contribution < 1.29 is 22.4 Å². The van der Waals surface area contributed by atoms with Crippen LogP contribution in [0.25, 0.3) is 0 Å². The van der Waals surface area contributed by atoms with Crippen molar-refractivity contribution in [2.45, 2.75) is 24.7 Å². The van der Waals surface area contributed by atoms with Crippen LogP contribution in [-0.4, -0.2) is 55.5 Å². The van der Waals surface area contributed by atoms with E-state index in [-0.39, 0.29) is 29.7 Å². The number of piperazine rings is 1. The molecule has 1 aliphatic heterocycles. The quantitative estimate of drug-likeness (QED) is 0.704. The molecule has 0 radical (unpaired) electrons. The largest absolute Gasteiger partial charge is 0.469 e. The van der Waals surface area contributed by atoms with Gasteiger partial charge in [-0.1, -0.05) is 12.1 Å². The molecule has 1 aromatic heterocycles. The lowest BCUT2D eigenvalue weighted by Crippen LogP contribution is -2.50. The first-order chi connectivity index (χ1) is 12.9. The molecule has 0 saturated carbocycles. The van der Waals surface area contributed by atoms with E-state index in [0.29, 0.717) is 31.5 Å². The molecule has 7 nitrogen and oxygen atoms in total. The van der Waals surface area contributed by atoms with Gasteiger partial charge in [0.1, 0.15) is 5.76 Å². The SMILES string of the molecule is CC(=O)c1cccc(S(=O)(=O)N2CCN(C(=O)CCc3ccco3)CC2)c1. The highest BCUT2D eigenvalue weighted by molar-refractivity contribution is 7.89. The zero-order chi connectivity index (χ0) is 19.4. The minimum absolute atomic E-state index is 0.0120. The Morgan fingerprint density at radius 3 is 2.44 bits per heavy atom. The molecule has 1 aromatic carbocycles. The van der Waals surface area contributed by atoms with Gasteiger partial charge >= 0.3 is 0 Å². The summed E-state index contributed by atoms with van der Waals surface area (Å²) in [4.78, 5) is 25.6. The van der Waals surface area contributed by atoms with Gasteiger partial charge in [-0.15, -0.1) is 0 Å². The zero-order valence-corrected chi connectivity index (χ0v) is 15.9. The molecule has 8 heteroatoms. The number of carbonyl (C=O) groups is 2. The average Bonchev–Trinajstić information content (AvgIpc) is 3.20. The second-order valence-corrected chi connectivity index (χ2v) is 8.39. The lowest BCUT2D eigenvalue weighted by Gasteiger charge is -2.34. The normalized spacial score (nSPS) is 15.7. The summed E-state index contributed by atoms with van der Waals surface area (Å²) in [6.07, 6.45) is 2.44. The Balaban J connectivity index is 1.60. The number of furan rings is 1. The van der Waals surface area contributed by atoms with E-state index < -0.39 is 10.0 Å². The average molecular weight is 390 g/mol. The Morgan fingerprint density at radius 2 is 1.81 bits per heavy atom.